The van der Waals surface area contributed by atoms with E-state index in [-0.39, 0.29) is 11.1 Å². The number of carbonyl (C=O) groups excluding carboxylic acids is 2. The molecule has 2 amide bonds. The number of hydrogen-bond donors (Lipinski definition) is 2. The van der Waals surface area contributed by atoms with Crippen LogP contribution in [0.4, 0.5) is 0 Å². The molecule has 30 heavy (non-hydrogen) atoms. The van der Waals surface area contributed by atoms with E-state index >= 15 is 0 Å². The standard InChI is InChI=1S/C23H38N4O3/c1-16(2)8-9-24-22(29)19-14-27(12-17(3)4)15-20(21(19)28)23(30)25-11-18-7-6-10-26(5)13-18/h14-18H,6-13H2,1-5H3,(H,24,29)(H,25,30)/t18-/m1/s1. The molecule has 1 aliphatic rings. The molecule has 0 aliphatic carbocycles. The summed E-state index contributed by atoms with van der Waals surface area (Å²) in [7, 11) is 2.08. The molecule has 1 aromatic heterocycles. The summed E-state index contributed by atoms with van der Waals surface area (Å²) < 4.78 is 1.78. The maximum Gasteiger partial charge on any atom is 0.256 e. The lowest BCUT2D eigenvalue weighted by Gasteiger charge is -2.29. The average Bonchev–Trinajstić information content (AvgIpc) is 2.66. The number of amides is 2. The van der Waals surface area contributed by atoms with Gasteiger partial charge in [-0.25, -0.2) is 0 Å². The minimum absolute atomic E-state index is 0.0319. The average molecular weight is 419 g/mol. The Hall–Kier alpha value is -2.15. The van der Waals surface area contributed by atoms with Gasteiger partial charge in [-0.2, -0.15) is 0 Å². The first kappa shape index (κ1) is 24.1. The summed E-state index contributed by atoms with van der Waals surface area (Å²) in [6, 6.07) is 0. The molecule has 7 heteroatoms. The molecule has 1 atom stereocenters. The van der Waals surface area contributed by atoms with E-state index in [4.69, 9.17) is 0 Å². The summed E-state index contributed by atoms with van der Waals surface area (Å²) in [6.07, 6.45) is 6.17. The predicted octanol–water partition coefficient (Wildman–Crippen LogP) is 2.35. The molecule has 1 aliphatic heterocycles. The molecule has 1 fully saturated rings. The Balaban J connectivity index is 2.18. The van der Waals surface area contributed by atoms with Crippen molar-refractivity contribution in [3.63, 3.8) is 0 Å². The fraction of sp³-hybridized carbons (Fsp3) is 0.696. The highest BCUT2D eigenvalue weighted by molar-refractivity contribution is 5.99. The van der Waals surface area contributed by atoms with Gasteiger partial charge < -0.3 is 20.1 Å². The molecule has 0 aromatic carbocycles. The number of nitrogens with one attached hydrogen (secondary N) is 2. The van der Waals surface area contributed by atoms with Gasteiger partial charge in [0.05, 0.1) is 0 Å². The van der Waals surface area contributed by atoms with Crippen LogP contribution in [0.2, 0.25) is 0 Å². The van der Waals surface area contributed by atoms with Gasteiger partial charge in [0, 0.05) is 38.6 Å². The SMILES string of the molecule is CC(C)CCNC(=O)c1cn(CC(C)C)cc(C(=O)NC[C@H]2CCCN(C)C2)c1=O. The van der Waals surface area contributed by atoms with Crippen LogP contribution >= 0.6 is 0 Å². The van der Waals surface area contributed by atoms with Crippen molar-refractivity contribution in [1.82, 2.24) is 20.1 Å². The fourth-order valence-electron chi connectivity index (χ4n) is 3.82. The maximum atomic E-state index is 12.9. The van der Waals surface area contributed by atoms with Gasteiger partial charge in [-0.1, -0.05) is 27.7 Å². The molecule has 0 radical (unpaired) electrons. The Morgan fingerprint density at radius 2 is 1.70 bits per heavy atom. The lowest BCUT2D eigenvalue weighted by Crippen LogP contribution is -2.41. The lowest BCUT2D eigenvalue weighted by molar-refractivity contribution is 0.0934. The van der Waals surface area contributed by atoms with Crippen LogP contribution in [0.25, 0.3) is 0 Å². The maximum absolute atomic E-state index is 12.9. The Morgan fingerprint density at radius 1 is 1.07 bits per heavy atom. The summed E-state index contributed by atoms with van der Waals surface area (Å²) in [5.41, 5.74) is -0.434. The normalized spacial score (nSPS) is 17.4. The minimum atomic E-state index is -0.504. The van der Waals surface area contributed by atoms with Crippen molar-refractivity contribution >= 4 is 11.8 Å². The summed E-state index contributed by atoms with van der Waals surface area (Å²) in [5.74, 6) is 0.342. The van der Waals surface area contributed by atoms with Gasteiger partial charge in [-0.15, -0.1) is 0 Å². The van der Waals surface area contributed by atoms with Crippen LogP contribution in [0.3, 0.4) is 0 Å². The van der Waals surface area contributed by atoms with E-state index in [0.717, 1.165) is 32.4 Å². The molecule has 2 N–H and O–H groups in total. The number of carbonyl (C=O) groups is 2. The third-order valence-corrected chi connectivity index (χ3v) is 5.42. The van der Waals surface area contributed by atoms with Crippen molar-refractivity contribution < 1.29 is 9.59 Å². The van der Waals surface area contributed by atoms with Crippen molar-refractivity contribution in [3.8, 4) is 0 Å². The van der Waals surface area contributed by atoms with Gasteiger partial charge in [0.15, 0.2) is 0 Å². The molecular weight excluding hydrogens is 380 g/mol. The second-order valence-corrected chi connectivity index (χ2v) is 9.42. The molecule has 7 nitrogen and oxygen atoms in total. The molecule has 1 aromatic rings. The van der Waals surface area contributed by atoms with E-state index in [9.17, 15) is 14.4 Å². The largest absolute Gasteiger partial charge is 0.352 e. The summed E-state index contributed by atoms with van der Waals surface area (Å²) in [4.78, 5) is 40.7. The smallest absolute Gasteiger partial charge is 0.256 e. The molecule has 1 saturated heterocycles. The quantitative estimate of drug-likeness (QED) is 0.645. The van der Waals surface area contributed by atoms with Crippen LogP contribution in [-0.4, -0.2) is 54.5 Å². The van der Waals surface area contributed by atoms with Crippen LogP contribution in [0.15, 0.2) is 17.2 Å². The van der Waals surface area contributed by atoms with E-state index < -0.39 is 17.2 Å². The van der Waals surface area contributed by atoms with Crippen LogP contribution < -0.4 is 16.1 Å². The van der Waals surface area contributed by atoms with Crippen molar-refractivity contribution in [3.05, 3.63) is 33.7 Å². The highest BCUT2D eigenvalue weighted by Crippen LogP contribution is 2.14. The van der Waals surface area contributed by atoms with Crippen molar-refractivity contribution in [2.45, 2.75) is 53.5 Å². The topological polar surface area (TPSA) is 83.4 Å². The molecule has 0 unspecified atom stereocenters. The molecule has 168 valence electrons. The monoisotopic (exact) mass is 418 g/mol. The van der Waals surface area contributed by atoms with Crippen LogP contribution in [0.1, 0.15) is 67.7 Å². The highest BCUT2D eigenvalue weighted by Gasteiger charge is 2.22. The summed E-state index contributed by atoms with van der Waals surface area (Å²) in [5, 5.41) is 5.74. The van der Waals surface area contributed by atoms with Gasteiger partial charge >= 0.3 is 0 Å². The van der Waals surface area contributed by atoms with E-state index in [1.807, 2.05) is 0 Å². The number of pyridine rings is 1. The molecule has 0 spiro atoms. The predicted molar refractivity (Wildman–Crippen MR) is 120 cm³/mol. The van der Waals surface area contributed by atoms with Gasteiger partial charge in [-0.3, -0.25) is 14.4 Å². The van der Waals surface area contributed by atoms with Crippen LogP contribution in [0, 0.1) is 17.8 Å². The number of likely N-dealkylation sites (tertiary alicyclic amines) is 1. The Labute approximate surface area is 180 Å². The van der Waals surface area contributed by atoms with E-state index in [0.29, 0.717) is 37.4 Å². The number of hydrogen-bond acceptors (Lipinski definition) is 4. The van der Waals surface area contributed by atoms with Gasteiger partial charge in [-0.05, 0) is 50.6 Å². The van der Waals surface area contributed by atoms with E-state index in [1.54, 1.807) is 17.0 Å². The van der Waals surface area contributed by atoms with Gasteiger partial charge in [0.1, 0.15) is 11.1 Å². The second kappa shape index (κ2) is 11.3. The zero-order valence-corrected chi connectivity index (χ0v) is 19.2. The number of aromatic nitrogens is 1. The van der Waals surface area contributed by atoms with Crippen LogP contribution in [-0.2, 0) is 6.54 Å². The molecule has 2 rings (SSSR count). The van der Waals surface area contributed by atoms with Gasteiger partial charge in [0.25, 0.3) is 11.8 Å². The zero-order valence-electron chi connectivity index (χ0n) is 19.2. The van der Waals surface area contributed by atoms with Gasteiger partial charge in [0.2, 0.25) is 5.43 Å². The molecular formula is C23H38N4O3. The fourth-order valence-corrected chi connectivity index (χ4v) is 3.82. The van der Waals surface area contributed by atoms with E-state index in [1.165, 1.54) is 0 Å². The molecule has 0 saturated carbocycles. The number of rotatable bonds is 9. The third kappa shape index (κ3) is 7.27. The highest BCUT2D eigenvalue weighted by atomic mass is 16.2. The molecule has 2 heterocycles. The zero-order chi connectivity index (χ0) is 22.3. The second-order valence-electron chi connectivity index (χ2n) is 9.42. The number of piperidine rings is 1. The Bertz CT molecular complexity index is 785. The summed E-state index contributed by atoms with van der Waals surface area (Å²) in [6.45, 7) is 12.0. The van der Waals surface area contributed by atoms with Crippen molar-refractivity contribution in [2.24, 2.45) is 17.8 Å². The van der Waals surface area contributed by atoms with Crippen molar-refractivity contribution in [1.29, 1.82) is 0 Å². The first-order valence-corrected chi connectivity index (χ1v) is 11.2. The first-order chi connectivity index (χ1) is 14.2. The van der Waals surface area contributed by atoms with Crippen molar-refractivity contribution in [2.75, 3.05) is 33.2 Å². The third-order valence-electron chi connectivity index (χ3n) is 5.42. The molecule has 0 bridgehead atoms. The van der Waals surface area contributed by atoms with Crippen LogP contribution in [0.5, 0.6) is 0 Å². The Morgan fingerprint density at radius 3 is 2.27 bits per heavy atom. The Kier molecular flexibility index (Phi) is 9.08. The van der Waals surface area contributed by atoms with E-state index in [2.05, 4.69) is 50.3 Å². The minimum Gasteiger partial charge on any atom is -0.352 e. The lowest BCUT2D eigenvalue weighted by atomic mass is 9.98. The number of nitrogens with zero attached hydrogens (tertiary/aromatic N) is 2. The summed E-state index contributed by atoms with van der Waals surface area (Å²) >= 11 is 0. The first-order valence-electron chi connectivity index (χ1n) is 11.2.